The molecule has 0 aliphatic heterocycles. The van der Waals surface area contributed by atoms with Crippen molar-refractivity contribution in [2.24, 2.45) is 0 Å². The van der Waals surface area contributed by atoms with Crippen molar-refractivity contribution in [2.45, 2.75) is 77.0 Å². The van der Waals surface area contributed by atoms with Gasteiger partial charge in [-0.3, -0.25) is 19.7 Å². The minimum Gasteiger partial charge on any atom is -0.469 e. The number of methoxy groups -OCH3 is 2. The molecule has 0 atom stereocenters. The Morgan fingerprint density at radius 3 is 1.87 bits per heavy atom. The first-order chi connectivity index (χ1) is 18.3. The van der Waals surface area contributed by atoms with Crippen molar-refractivity contribution in [3.63, 3.8) is 0 Å². The summed E-state index contributed by atoms with van der Waals surface area (Å²) in [5, 5.41) is 10.5. The number of nitrogen functional groups attached to an aromatic ring is 1. The van der Waals surface area contributed by atoms with Crippen LogP contribution in [0.1, 0.15) is 81.8 Å². The van der Waals surface area contributed by atoms with Crippen LogP contribution in [-0.4, -0.2) is 31.1 Å². The van der Waals surface area contributed by atoms with Gasteiger partial charge in [0.2, 0.25) is 0 Å². The zero-order valence-electron chi connectivity index (χ0n) is 22.7. The highest BCUT2D eigenvalue weighted by Crippen LogP contribution is 2.14. The first-order valence-corrected chi connectivity index (χ1v) is 13.2. The van der Waals surface area contributed by atoms with E-state index in [9.17, 15) is 19.7 Å². The molecule has 0 heterocycles. The van der Waals surface area contributed by atoms with Crippen LogP contribution in [0.3, 0.4) is 0 Å². The second kappa shape index (κ2) is 20.4. The third-order valence-electron chi connectivity index (χ3n) is 5.95. The van der Waals surface area contributed by atoms with Gasteiger partial charge in [0.05, 0.1) is 19.1 Å². The minimum atomic E-state index is -0.408. The number of nitro groups is 1. The number of anilines is 1. The molecule has 8 nitrogen and oxygen atoms in total. The Morgan fingerprint density at radius 1 is 0.789 bits per heavy atom. The van der Waals surface area contributed by atoms with Crippen molar-refractivity contribution in [3.05, 3.63) is 75.8 Å². The summed E-state index contributed by atoms with van der Waals surface area (Å²) in [7, 11) is 2.84. The molecule has 0 saturated carbocycles. The fourth-order valence-corrected chi connectivity index (χ4v) is 3.65. The number of esters is 2. The Kier molecular flexibility index (Phi) is 17.4. The van der Waals surface area contributed by atoms with Gasteiger partial charge in [-0.2, -0.15) is 0 Å². The van der Waals surface area contributed by atoms with Crippen LogP contribution in [0, 0.1) is 10.1 Å². The number of unbranched alkanes of at least 4 members (excludes halogenated alkanes) is 7. The monoisotopic (exact) mass is 526 g/mol. The van der Waals surface area contributed by atoms with Crippen molar-refractivity contribution >= 4 is 29.4 Å². The maximum absolute atomic E-state index is 10.9. The number of aryl methyl sites for hydroxylation is 1. The molecule has 0 unspecified atom stereocenters. The molecular weight excluding hydrogens is 484 g/mol. The maximum Gasteiger partial charge on any atom is 0.305 e. The van der Waals surface area contributed by atoms with Crippen LogP contribution >= 0.6 is 0 Å². The van der Waals surface area contributed by atoms with Gasteiger partial charge >= 0.3 is 11.9 Å². The van der Waals surface area contributed by atoms with Crippen molar-refractivity contribution in [1.29, 1.82) is 0 Å². The summed E-state index contributed by atoms with van der Waals surface area (Å²) in [6, 6.07) is 14.5. The molecule has 38 heavy (non-hydrogen) atoms. The summed E-state index contributed by atoms with van der Waals surface area (Å²) in [5.41, 5.74) is 8.85. The summed E-state index contributed by atoms with van der Waals surface area (Å²) in [6.45, 7) is 0. The molecule has 2 aromatic carbocycles. The SMILES string of the molecule is COC(=O)CCCCC/C=C/c1ccc([N+](=O)[O-])cc1.COC(=O)CCCCCCCc1ccc(N)cc1. The number of nitro benzene ring substituents is 1. The number of non-ortho nitro benzene ring substituents is 1. The largest absolute Gasteiger partial charge is 0.469 e. The number of rotatable bonds is 16. The van der Waals surface area contributed by atoms with E-state index < -0.39 is 4.92 Å². The molecule has 0 aliphatic carbocycles. The Labute approximate surface area is 226 Å². The van der Waals surface area contributed by atoms with E-state index >= 15 is 0 Å². The quantitative estimate of drug-likeness (QED) is 0.0817. The van der Waals surface area contributed by atoms with Crippen molar-refractivity contribution in [1.82, 2.24) is 0 Å². The second-order valence-electron chi connectivity index (χ2n) is 9.01. The van der Waals surface area contributed by atoms with E-state index in [1.807, 2.05) is 24.3 Å². The Balaban J connectivity index is 0.000000382. The lowest BCUT2D eigenvalue weighted by Crippen LogP contribution is -1.99. The molecule has 0 amide bonds. The predicted molar refractivity (Wildman–Crippen MR) is 152 cm³/mol. The van der Waals surface area contributed by atoms with Crippen molar-refractivity contribution < 1.29 is 24.0 Å². The average Bonchev–Trinajstić information content (AvgIpc) is 2.93. The van der Waals surface area contributed by atoms with Crippen LogP contribution in [-0.2, 0) is 25.5 Å². The molecule has 0 bridgehead atoms. The molecule has 0 aliphatic rings. The van der Waals surface area contributed by atoms with Crippen LogP contribution in [0.5, 0.6) is 0 Å². The van der Waals surface area contributed by atoms with Gasteiger partial charge in [0.15, 0.2) is 0 Å². The first-order valence-electron chi connectivity index (χ1n) is 13.2. The van der Waals surface area contributed by atoms with Crippen LogP contribution in [0.4, 0.5) is 11.4 Å². The molecule has 0 spiro atoms. The molecule has 2 N–H and O–H groups in total. The number of nitrogens with two attached hydrogens (primary N) is 1. The van der Waals surface area contributed by atoms with Gasteiger partial charge in [0.1, 0.15) is 0 Å². The van der Waals surface area contributed by atoms with E-state index in [4.69, 9.17) is 5.73 Å². The van der Waals surface area contributed by atoms with Crippen molar-refractivity contribution in [3.8, 4) is 0 Å². The van der Waals surface area contributed by atoms with E-state index in [2.05, 4.69) is 21.6 Å². The number of ether oxygens (including phenoxy) is 2. The van der Waals surface area contributed by atoms with Crippen LogP contribution in [0.25, 0.3) is 6.08 Å². The molecule has 8 heteroatoms. The smallest absolute Gasteiger partial charge is 0.305 e. The number of carbonyl (C=O) groups excluding carboxylic acids is 2. The molecule has 0 saturated heterocycles. The van der Waals surface area contributed by atoms with E-state index in [1.165, 1.54) is 51.2 Å². The third-order valence-corrected chi connectivity index (χ3v) is 5.95. The predicted octanol–water partition coefficient (Wildman–Crippen LogP) is 7.06. The van der Waals surface area contributed by atoms with E-state index in [1.54, 1.807) is 12.1 Å². The topological polar surface area (TPSA) is 122 Å². The number of hydrogen-bond acceptors (Lipinski definition) is 7. The normalized spacial score (nSPS) is 10.5. The maximum atomic E-state index is 10.9. The van der Waals surface area contributed by atoms with Gasteiger partial charge in [-0.1, -0.05) is 50.0 Å². The Morgan fingerprint density at radius 2 is 1.32 bits per heavy atom. The highest BCUT2D eigenvalue weighted by atomic mass is 16.6. The average molecular weight is 527 g/mol. The highest BCUT2D eigenvalue weighted by Gasteiger charge is 2.02. The van der Waals surface area contributed by atoms with Gasteiger partial charge < -0.3 is 15.2 Å². The number of nitrogens with zero attached hydrogens (tertiary/aromatic N) is 1. The zero-order valence-corrected chi connectivity index (χ0v) is 22.7. The van der Waals surface area contributed by atoms with E-state index in [0.29, 0.717) is 12.8 Å². The zero-order chi connectivity index (χ0) is 28.0. The van der Waals surface area contributed by atoms with E-state index in [-0.39, 0.29) is 17.6 Å². The Bertz CT molecular complexity index is 971. The highest BCUT2D eigenvalue weighted by molar-refractivity contribution is 5.69. The van der Waals surface area contributed by atoms with Crippen LogP contribution < -0.4 is 5.73 Å². The van der Waals surface area contributed by atoms with Gasteiger partial charge in [-0.15, -0.1) is 0 Å². The van der Waals surface area contributed by atoms with E-state index in [0.717, 1.165) is 56.2 Å². The molecular formula is C30H42N2O6. The molecule has 2 rings (SSSR count). The summed E-state index contributed by atoms with van der Waals surface area (Å²) >= 11 is 0. The van der Waals surface area contributed by atoms with Crippen LogP contribution in [0.2, 0.25) is 0 Å². The lowest BCUT2D eigenvalue weighted by molar-refractivity contribution is -0.384. The van der Waals surface area contributed by atoms with Gasteiger partial charge in [0, 0.05) is 30.7 Å². The standard InChI is InChI=1S/C15H19NO4.C15H23NO2/c1-20-15(17)8-6-4-2-3-5-7-13-9-11-14(12-10-13)16(18)19;1-18-15(17)8-6-4-2-3-5-7-13-9-11-14(16)12-10-13/h5,7,9-12H,2-4,6,8H2,1H3;9-12H,2-8,16H2,1H3/b7-5+;. The Hall–Kier alpha value is -3.68. The fourth-order valence-electron chi connectivity index (χ4n) is 3.65. The van der Waals surface area contributed by atoms with Gasteiger partial charge in [-0.25, -0.2) is 0 Å². The van der Waals surface area contributed by atoms with Gasteiger partial charge in [0.25, 0.3) is 5.69 Å². The number of carbonyl (C=O) groups is 2. The minimum absolute atomic E-state index is 0.100. The number of benzene rings is 2. The summed E-state index contributed by atoms with van der Waals surface area (Å²) in [4.78, 5) is 31.8. The molecule has 0 fully saturated rings. The third kappa shape index (κ3) is 16.1. The van der Waals surface area contributed by atoms with Crippen molar-refractivity contribution in [2.75, 3.05) is 20.0 Å². The number of hydrogen-bond donors (Lipinski definition) is 1. The lowest BCUT2D eigenvalue weighted by Gasteiger charge is -2.03. The summed E-state index contributed by atoms with van der Waals surface area (Å²) in [5.74, 6) is -0.261. The second-order valence-corrected chi connectivity index (χ2v) is 9.01. The lowest BCUT2D eigenvalue weighted by atomic mass is 10.0. The first kappa shape index (κ1) is 32.3. The fraction of sp³-hybridized carbons (Fsp3) is 0.467. The molecule has 208 valence electrons. The summed E-state index contributed by atoms with van der Waals surface area (Å²) < 4.78 is 9.16. The van der Waals surface area contributed by atoms with Gasteiger partial charge in [-0.05, 0) is 73.9 Å². The molecule has 0 aromatic heterocycles. The molecule has 2 aromatic rings. The van der Waals surface area contributed by atoms with Crippen LogP contribution in [0.15, 0.2) is 54.6 Å². The number of allylic oxidation sites excluding steroid dienone is 1. The summed E-state index contributed by atoms with van der Waals surface area (Å²) in [6.07, 6.45) is 15.5. The molecule has 0 radical (unpaired) electrons.